The lowest BCUT2D eigenvalue weighted by molar-refractivity contribution is 0.194. The number of amides is 2. The number of hydrogen-bond acceptors (Lipinski definition) is 2. The summed E-state index contributed by atoms with van der Waals surface area (Å²) in [5.41, 5.74) is 4.11. The van der Waals surface area contributed by atoms with Crippen LogP contribution in [0.5, 0.6) is 0 Å². The van der Waals surface area contributed by atoms with Crippen LogP contribution < -0.4 is 10.2 Å². The van der Waals surface area contributed by atoms with Crippen LogP contribution in [0.15, 0.2) is 18.2 Å². The van der Waals surface area contributed by atoms with Crippen molar-refractivity contribution in [2.45, 2.75) is 46.5 Å². The Balaban J connectivity index is 1.88. The summed E-state index contributed by atoms with van der Waals surface area (Å²) in [5, 5.41) is 3.04. The van der Waals surface area contributed by atoms with E-state index in [0.29, 0.717) is 0 Å². The topological polar surface area (TPSA) is 35.6 Å². The number of nitrogens with zero attached hydrogens (tertiary/aromatic N) is 2. The third-order valence-electron chi connectivity index (χ3n) is 4.64. The highest BCUT2D eigenvalue weighted by molar-refractivity contribution is 5.74. The summed E-state index contributed by atoms with van der Waals surface area (Å²) in [7, 11) is 0. The van der Waals surface area contributed by atoms with Gasteiger partial charge in [-0.1, -0.05) is 44.9 Å². The molecule has 1 aromatic carbocycles. The number of hydrogen-bond donors (Lipinski definition) is 1. The Hall–Kier alpha value is -1.71. The first-order valence-corrected chi connectivity index (χ1v) is 9.03. The maximum absolute atomic E-state index is 12.2. The van der Waals surface area contributed by atoms with Gasteiger partial charge in [-0.15, -0.1) is 0 Å². The first kappa shape index (κ1) is 17.6. The lowest BCUT2D eigenvalue weighted by Gasteiger charge is -2.37. The quantitative estimate of drug-likeness (QED) is 0.814. The maximum atomic E-state index is 12.2. The highest BCUT2D eigenvalue weighted by atomic mass is 16.2. The van der Waals surface area contributed by atoms with Gasteiger partial charge < -0.3 is 15.1 Å². The standard InChI is InChI=1S/C19H31N3O/c1-4-6-7-11-20-19(23)22-14-12-21(13-15-22)18-16(3)9-8-10-17(18)5-2/h8-10H,4-7,11-15H2,1-3H3,(H,20,23). The van der Waals surface area contributed by atoms with E-state index in [2.05, 4.69) is 49.2 Å². The fourth-order valence-corrected chi connectivity index (χ4v) is 3.27. The number of unbranched alkanes of at least 4 members (excludes halogenated alkanes) is 2. The highest BCUT2D eigenvalue weighted by Crippen LogP contribution is 2.26. The van der Waals surface area contributed by atoms with Crippen molar-refractivity contribution in [2.75, 3.05) is 37.6 Å². The summed E-state index contributed by atoms with van der Waals surface area (Å²) >= 11 is 0. The van der Waals surface area contributed by atoms with Gasteiger partial charge in [0.2, 0.25) is 0 Å². The van der Waals surface area contributed by atoms with Crippen LogP contribution in [-0.4, -0.2) is 43.7 Å². The number of carbonyl (C=O) groups excluding carboxylic acids is 1. The van der Waals surface area contributed by atoms with Gasteiger partial charge >= 0.3 is 6.03 Å². The van der Waals surface area contributed by atoms with Crippen LogP contribution >= 0.6 is 0 Å². The molecular formula is C19H31N3O. The predicted octanol–water partition coefficient (Wildman–Crippen LogP) is 3.58. The number of carbonyl (C=O) groups is 1. The fraction of sp³-hybridized carbons (Fsp3) is 0.632. The minimum atomic E-state index is 0.0984. The summed E-state index contributed by atoms with van der Waals surface area (Å²) in [4.78, 5) is 16.6. The minimum Gasteiger partial charge on any atom is -0.368 e. The van der Waals surface area contributed by atoms with Crippen molar-refractivity contribution in [1.29, 1.82) is 0 Å². The van der Waals surface area contributed by atoms with Crippen LogP contribution in [0.2, 0.25) is 0 Å². The minimum absolute atomic E-state index is 0.0984. The molecule has 4 heteroatoms. The zero-order valence-corrected chi connectivity index (χ0v) is 14.9. The summed E-state index contributed by atoms with van der Waals surface area (Å²) in [6.45, 7) is 10.8. The molecule has 0 aromatic heterocycles. The third-order valence-corrected chi connectivity index (χ3v) is 4.64. The van der Waals surface area contributed by atoms with Crippen molar-refractivity contribution in [2.24, 2.45) is 0 Å². The molecule has 1 N–H and O–H groups in total. The van der Waals surface area contributed by atoms with Crippen LogP contribution in [0.4, 0.5) is 10.5 Å². The molecular weight excluding hydrogens is 286 g/mol. The van der Waals surface area contributed by atoms with Crippen molar-refractivity contribution < 1.29 is 4.79 Å². The average molecular weight is 317 g/mol. The largest absolute Gasteiger partial charge is 0.368 e. The van der Waals surface area contributed by atoms with Crippen molar-refractivity contribution in [3.8, 4) is 0 Å². The van der Waals surface area contributed by atoms with Crippen LogP contribution in [0.25, 0.3) is 0 Å². The summed E-state index contributed by atoms with van der Waals surface area (Å²) in [6.07, 6.45) is 4.49. The summed E-state index contributed by atoms with van der Waals surface area (Å²) in [6, 6.07) is 6.63. The van der Waals surface area contributed by atoms with Crippen molar-refractivity contribution in [1.82, 2.24) is 10.2 Å². The Kier molecular flexibility index (Phi) is 6.75. The molecule has 0 spiro atoms. The molecule has 1 aromatic rings. The van der Waals surface area contributed by atoms with Gasteiger partial charge in [-0.05, 0) is 30.9 Å². The zero-order valence-electron chi connectivity index (χ0n) is 14.9. The van der Waals surface area contributed by atoms with E-state index in [9.17, 15) is 4.79 Å². The van der Waals surface area contributed by atoms with Crippen molar-refractivity contribution in [3.63, 3.8) is 0 Å². The molecule has 1 aliphatic rings. The number of benzene rings is 1. The van der Waals surface area contributed by atoms with Gasteiger partial charge in [0.05, 0.1) is 0 Å². The Morgan fingerprint density at radius 2 is 1.87 bits per heavy atom. The van der Waals surface area contributed by atoms with E-state index >= 15 is 0 Å². The molecule has 1 fully saturated rings. The van der Waals surface area contributed by atoms with Gasteiger partial charge in [0, 0.05) is 38.4 Å². The van der Waals surface area contributed by atoms with Crippen LogP contribution in [0.3, 0.4) is 0 Å². The number of nitrogens with one attached hydrogen (secondary N) is 1. The smallest absolute Gasteiger partial charge is 0.317 e. The van der Waals surface area contributed by atoms with E-state index < -0.39 is 0 Å². The number of rotatable bonds is 6. The molecule has 0 atom stereocenters. The molecule has 0 radical (unpaired) electrons. The molecule has 0 saturated carbocycles. The van der Waals surface area contributed by atoms with Gasteiger partial charge in [-0.2, -0.15) is 0 Å². The van der Waals surface area contributed by atoms with E-state index in [1.807, 2.05) is 4.90 Å². The average Bonchev–Trinajstić information content (AvgIpc) is 2.58. The van der Waals surface area contributed by atoms with Gasteiger partial charge in [-0.3, -0.25) is 0 Å². The second kappa shape index (κ2) is 8.80. The number of aryl methyl sites for hydroxylation is 2. The zero-order chi connectivity index (χ0) is 16.7. The molecule has 0 aliphatic carbocycles. The van der Waals surface area contributed by atoms with Crippen molar-refractivity contribution >= 4 is 11.7 Å². The van der Waals surface area contributed by atoms with Crippen LogP contribution in [0.1, 0.15) is 44.2 Å². The van der Waals surface area contributed by atoms with E-state index in [-0.39, 0.29) is 6.03 Å². The lowest BCUT2D eigenvalue weighted by Crippen LogP contribution is -2.52. The fourth-order valence-electron chi connectivity index (χ4n) is 3.27. The number of piperazine rings is 1. The number of para-hydroxylation sites is 1. The first-order valence-electron chi connectivity index (χ1n) is 9.03. The number of anilines is 1. The molecule has 2 amide bonds. The first-order chi connectivity index (χ1) is 11.2. The molecule has 1 saturated heterocycles. The molecule has 1 aliphatic heterocycles. The third kappa shape index (κ3) is 4.63. The Labute approximate surface area is 140 Å². The normalized spacial score (nSPS) is 14.9. The van der Waals surface area contributed by atoms with Gasteiger partial charge in [0.1, 0.15) is 0 Å². The molecule has 23 heavy (non-hydrogen) atoms. The number of urea groups is 1. The van der Waals surface area contributed by atoms with E-state index in [1.54, 1.807) is 0 Å². The highest BCUT2D eigenvalue weighted by Gasteiger charge is 2.22. The van der Waals surface area contributed by atoms with Crippen LogP contribution in [0, 0.1) is 6.92 Å². The second-order valence-corrected chi connectivity index (χ2v) is 6.35. The monoisotopic (exact) mass is 317 g/mol. The molecule has 128 valence electrons. The van der Waals surface area contributed by atoms with Gasteiger partial charge in [0.25, 0.3) is 0 Å². The Bertz CT molecular complexity index is 507. The molecule has 4 nitrogen and oxygen atoms in total. The molecule has 2 rings (SSSR count). The van der Waals surface area contributed by atoms with Gasteiger partial charge in [-0.25, -0.2) is 4.79 Å². The lowest BCUT2D eigenvalue weighted by atomic mass is 10.0. The maximum Gasteiger partial charge on any atom is 0.317 e. The summed E-state index contributed by atoms with van der Waals surface area (Å²) < 4.78 is 0. The molecule has 0 unspecified atom stereocenters. The SMILES string of the molecule is CCCCCNC(=O)N1CCN(c2c(C)cccc2CC)CC1. The van der Waals surface area contributed by atoms with E-state index in [1.165, 1.54) is 29.7 Å². The van der Waals surface area contributed by atoms with E-state index in [4.69, 9.17) is 0 Å². The Morgan fingerprint density at radius 3 is 2.52 bits per heavy atom. The van der Waals surface area contributed by atoms with Crippen molar-refractivity contribution in [3.05, 3.63) is 29.3 Å². The van der Waals surface area contributed by atoms with Gasteiger partial charge in [0.15, 0.2) is 0 Å². The molecule has 1 heterocycles. The van der Waals surface area contributed by atoms with Crippen LogP contribution in [-0.2, 0) is 6.42 Å². The molecule has 0 bridgehead atoms. The summed E-state index contributed by atoms with van der Waals surface area (Å²) in [5.74, 6) is 0. The Morgan fingerprint density at radius 1 is 1.13 bits per heavy atom. The second-order valence-electron chi connectivity index (χ2n) is 6.35. The predicted molar refractivity (Wildman–Crippen MR) is 97.3 cm³/mol. The van der Waals surface area contributed by atoms with E-state index in [0.717, 1.165) is 45.6 Å².